The van der Waals surface area contributed by atoms with Crippen molar-refractivity contribution in [1.82, 2.24) is 20.2 Å². The summed E-state index contributed by atoms with van der Waals surface area (Å²) in [6.45, 7) is 2.02. The molecule has 0 aliphatic carbocycles. The van der Waals surface area contributed by atoms with E-state index in [0.29, 0.717) is 23.1 Å². The molecule has 1 aromatic carbocycles. The van der Waals surface area contributed by atoms with Crippen LogP contribution in [-0.4, -0.2) is 40.9 Å². The number of carbonyl (C=O) groups is 1. The first-order chi connectivity index (χ1) is 15.8. The zero-order valence-corrected chi connectivity index (χ0v) is 18.8. The van der Waals surface area contributed by atoms with Gasteiger partial charge in [0.05, 0.1) is 22.7 Å². The molecule has 0 atom stereocenters. The topological polar surface area (TPSA) is 70.1 Å². The van der Waals surface area contributed by atoms with Crippen molar-refractivity contribution in [3.63, 3.8) is 0 Å². The maximum atomic E-state index is 13.1. The van der Waals surface area contributed by atoms with Crippen LogP contribution < -0.4 is 10.6 Å². The molecule has 0 saturated carbocycles. The number of amides is 1. The Morgan fingerprint density at radius 3 is 2.73 bits per heavy atom. The quantitative estimate of drug-likeness (QED) is 0.529. The summed E-state index contributed by atoms with van der Waals surface area (Å²) < 4.78 is 39.2. The van der Waals surface area contributed by atoms with Crippen molar-refractivity contribution in [1.29, 1.82) is 0 Å². The van der Waals surface area contributed by atoms with Gasteiger partial charge in [-0.25, -0.2) is 4.98 Å². The van der Waals surface area contributed by atoms with Crippen LogP contribution in [0.4, 0.5) is 24.0 Å². The van der Waals surface area contributed by atoms with Gasteiger partial charge in [-0.1, -0.05) is 17.4 Å². The normalized spacial score (nSPS) is 14.8. The van der Waals surface area contributed by atoms with Gasteiger partial charge >= 0.3 is 6.18 Å². The van der Waals surface area contributed by atoms with Gasteiger partial charge in [0, 0.05) is 36.6 Å². The third kappa shape index (κ3) is 5.69. The molecule has 3 aromatic rings. The summed E-state index contributed by atoms with van der Waals surface area (Å²) in [7, 11) is 1.77. The molecule has 2 N–H and O–H groups in total. The maximum absolute atomic E-state index is 13.1. The highest BCUT2D eigenvalue weighted by Crippen LogP contribution is 2.35. The molecule has 2 aromatic heterocycles. The number of halogens is 3. The first kappa shape index (κ1) is 23.2. The fraction of sp³-hybridized carbons (Fsp3) is 0.348. The van der Waals surface area contributed by atoms with Crippen LogP contribution in [0.15, 0.2) is 48.8 Å². The van der Waals surface area contributed by atoms with Crippen LogP contribution in [0.2, 0.25) is 0 Å². The zero-order valence-electron chi connectivity index (χ0n) is 18.0. The molecule has 0 radical (unpaired) electrons. The number of benzene rings is 1. The van der Waals surface area contributed by atoms with Gasteiger partial charge in [-0.15, -0.1) is 0 Å². The number of pyridine rings is 1. The average Bonchev–Trinajstić information content (AvgIpc) is 3.21. The number of anilines is 2. The molecule has 1 aliphatic heterocycles. The van der Waals surface area contributed by atoms with Gasteiger partial charge in [0.15, 0.2) is 5.13 Å². The summed E-state index contributed by atoms with van der Waals surface area (Å²) in [6.07, 6.45) is 0.531. The van der Waals surface area contributed by atoms with Crippen LogP contribution in [0.1, 0.15) is 23.3 Å². The summed E-state index contributed by atoms with van der Waals surface area (Å²) in [4.78, 5) is 24.3. The highest BCUT2D eigenvalue weighted by molar-refractivity contribution is 7.16. The molecule has 1 saturated heterocycles. The van der Waals surface area contributed by atoms with Gasteiger partial charge in [-0.2, -0.15) is 13.2 Å². The zero-order chi connectivity index (χ0) is 23.4. The number of nitrogens with zero attached hydrogens (tertiary/aromatic N) is 3. The van der Waals surface area contributed by atoms with Gasteiger partial charge in [0.25, 0.3) is 0 Å². The summed E-state index contributed by atoms with van der Waals surface area (Å²) in [5.74, 6) is 0.0862. The van der Waals surface area contributed by atoms with Crippen molar-refractivity contribution in [3.05, 3.63) is 59.2 Å². The van der Waals surface area contributed by atoms with Gasteiger partial charge in [0.1, 0.15) is 0 Å². The van der Waals surface area contributed by atoms with Crippen LogP contribution in [0, 0.1) is 5.92 Å². The first-order valence-corrected chi connectivity index (χ1v) is 11.4. The van der Waals surface area contributed by atoms with Gasteiger partial charge in [0.2, 0.25) is 5.91 Å². The van der Waals surface area contributed by atoms with E-state index in [4.69, 9.17) is 0 Å². The van der Waals surface area contributed by atoms with E-state index in [9.17, 15) is 18.0 Å². The second-order valence-corrected chi connectivity index (χ2v) is 9.04. The van der Waals surface area contributed by atoms with Crippen LogP contribution in [0.3, 0.4) is 0 Å². The minimum atomic E-state index is -4.43. The molecule has 3 heterocycles. The van der Waals surface area contributed by atoms with Crippen molar-refractivity contribution in [2.75, 3.05) is 25.5 Å². The fourth-order valence-corrected chi connectivity index (χ4v) is 4.87. The molecule has 174 valence electrons. The Hall–Kier alpha value is -2.98. The summed E-state index contributed by atoms with van der Waals surface area (Å²) in [6, 6.07) is 8.66. The minimum Gasteiger partial charge on any atom is -0.340 e. The second-order valence-electron chi connectivity index (χ2n) is 7.95. The van der Waals surface area contributed by atoms with Crippen LogP contribution in [-0.2, 0) is 17.5 Å². The number of nitrogens with one attached hydrogen (secondary N) is 2. The number of thiazole rings is 1. The molecule has 1 aliphatic rings. The molecule has 0 unspecified atom stereocenters. The molecular formula is C23H24F3N5OS. The highest BCUT2D eigenvalue weighted by atomic mass is 32.1. The third-order valence-corrected chi connectivity index (χ3v) is 6.47. The predicted molar refractivity (Wildman–Crippen MR) is 122 cm³/mol. The van der Waals surface area contributed by atoms with Crippen molar-refractivity contribution in [2.24, 2.45) is 5.92 Å². The Bertz CT molecular complexity index is 1100. The fourth-order valence-electron chi connectivity index (χ4n) is 3.81. The number of aromatic nitrogens is 2. The van der Waals surface area contributed by atoms with Crippen molar-refractivity contribution < 1.29 is 18.0 Å². The van der Waals surface area contributed by atoms with E-state index in [1.54, 1.807) is 36.5 Å². The lowest BCUT2D eigenvalue weighted by atomic mass is 9.96. The number of alkyl halides is 3. The van der Waals surface area contributed by atoms with E-state index >= 15 is 0 Å². The average molecular weight is 476 g/mol. The van der Waals surface area contributed by atoms with Gasteiger partial charge < -0.3 is 15.5 Å². The first-order valence-electron chi connectivity index (χ1n) is 10.6. The molecule has 33 heavy (non-hydrogen) atoms. The number of piperidine rings is 1. The lowest BCUT2D eigenvalue weighted by Crippen LogP contribution is -2.38. The Labute approximate surface area is 193 Å². The predicted octanol–water partition coefficient (Wildman–Crippen LogP) is 4.93. The van der Waals surface area contributed by atoms with E-state index in [0.717, 1.165) is 48.5 Å². The third-order valence-electron chi connectivity index (χ3n) is 5.52. The molecule has 1 amide bonds. The van der Waals surface area contributed by atoms with Gasteiger partial charge in [-0.3, -0.25) is 9.78 Å². The lowest BCUT2D eigenvalue weighted by Gasteiger charge is -2.26. The Balaban J connectivity index is 1.59. The van der Waals surface area contributed by atoms with Crippen molar-refractivity contribution >= 4 is 28.1 Å². The molecule has 0 bridgehead atoms. The van der Waals surface area contributed by atoms with Crippen molar-refractivity contribution in [2.45, 2.75) is 25.6 Å². The number of rotatable bonds is 6. The SMILES string of the molecule is CN(Cc1sc(Nc2cccc(C(F)(F)F)c2)nc1-c1cccnc1)C(=O)C1CCNCC1. The van der Waals surface area contributed by atoms with Crippen LogP contribution in [0.5, 0.6) is 0 Å². The van der Waals surface area contributed by atoms with Crippen LogP contribution in [0.25, 0.3) is 11.3 Å². The molecule has 10 heteroatoms. The smallest absolute Gasteiger partial charge is 0.340 e. The van der Waals surface area contributed by atoms with E-state index in [1.807, 2.05) is 6.07 Å². The Morgan fingerprint density at radius 2 is 2.03 bits per heavy atom. The molecular weight excluding hydrogens is 451 g/mol. The van der Waals surface area contributed by atoms with Crippen LogP contribution >= 0.6 is 11.3 Å². The standard InChI is InChI=1S/C23H24F3N5OS/c1-31(21(32)15-7-10-27-11-8-15)14-19-20(16-4-3-9-28-13-16)30-22(33-19)29-18-6-2-5-17(12-18)23(24,25)26/h2-6,9,12-13,15,27H,7-8,10-11,14H2,1H3,(H,29,30). The number of carbonyl (C=O) groups excluding carboxylic acids is 1. The maximum Gasteiger partial charge on any atom is 0.416 e. The minimum absolute atomic E-state index is 0.00582. The monoisotopic (exact) mass is 475 g/mol. The van der Waals surface area contributed by atoms with E-state index in [-0.39, 0.29) is 11.8 Å². The van der Waals surface area contributed by atoms with Crippen molar-refractivity contribution in [3.8, 4) is 11.3 Å². The Kier molecular flexibility index (Phi) is 6.94. The van der Waals surface area contributed by atoms with Gasteiger partial charge in [-0.05, 0) is 56.3 Å². The summed E-state index contributed by atoms with van der Waals surface area (Å²) in [5.41, 5.74) is 1.00. The number of hydrogen-bond acceptors (Lipinski definition) is 6. The number of hydrogen-bond donors (Lipinski definition) is 2. The Morgan fingerprint density at radius 1 is 1.24 bits per heavy atom. The highest BCUT2D eigenvalue weighted by Gasteiger charge is 2.30. The molecule has 4 rings (SSSR count). The molecule has 0 spiro atoms. The van der Waals surface area contributed by atoms with E-state index < -0.39 is 11.7 Å². The molecule has 6 nitrogen and oxygen atoms in total. The summed E-state index contributed by atoms with van der Waals surface area (Å²) in [5, 5.41) is 6.70. The van der Waals surface area contributed by atoms with E-state index in [2.05, 4.69) is 20.6 Å². The summed E-state index contributed by atoms with van der Waals surface area (Å²) >= 11 is 1.32. The largest absolute Gasteiger partial charge is 0.416 e. The lowest BCUT2D eigenvalue weighted by molar-refractivity contribution is -0.137. The van der Waals surface area contributed by atoms with E-state index in [1.165, 1.54) is 17.4 Å². The second kappa shape index (κ2) is 9.88. The molecule has 1 fully saturated rings.